The number of allylic oxidation sites excluding steroid dienone is 1. The molecule has 3 rings (SSSR count). The Morgan fingerprint density at radius 1 is 0.939 bits per heavy atom. The van der Waals surface area contributed by atoms with Gasteiger partial charge in [-0.25, -0.2) is 4.79 Å². The van der Waals surface area contributed by atoms with Crippen LogP contribution in [0.25, 0.3) is 0 Å². The number of ether oxygens (including phenoxy) is 1. The van der Waals surface area contributed by atoms with Crippen molar-refractivity contribution in [1.82, 2.24) is 10.6 Å². The predicted molar refractivity (Wildman–Crippen MR) is 124 cm³/mol. The Hall–Kier alpha value is -3.74. The number of ketones is 2. The highest BCUT2D eigenvalue weighted by Crippen LogP contribution is 2.22. The molecule has 0 fully saturated rings. The highest BCUT2D eigenvalue weighted by molar-refractivity contribution is 6.24. The number of benzene rings is 2. The Bertz CT molecular complexity index is 1080. The topological polar surface area (TPSA) is 102 Å². The molecule has 172 valence electrons. The quantitative estimate of drug-likeness (QED) is 0.674. The summed E-state index contributed by atoms with van der Waals surface area (Å²) in [5, 5.41) is 5.39. The SMILES string of the molecule is CC(C)(C)OC(=O)N[C@@H](Cc1ccccc1)C(=O)NCCC1=CC(=O)c2ccccc2C1=O. The molecule has 2 amide bonds. The molecule has 0 saturated carbocycles. The molecule has 1 atom stereocenters. The van der Waals surface area contributed by atoms with Crippen molar-refractivity contribution in [3.05, 3.63) is 82.9 Å². The molecule has 33 heavy (non-hydrogen) atoms. The molecule has 0 saturated heterocycles. The highest BCUT2D eigenvalue weighted by atomic mass is 16.6. The maximum Gasteiger partial charge on any atom is 0.408 e. The molecule has 2 aromatic carbocycles. The van der Waals surface area contributed by atoms with Crippen LogP contribution in [0, 0.1) is 0 Å². The van der Waals surface area contributed by atoms with Gasteiger partial charge in [-0.1, -0.05) is 54.6 Å². The van der Waals surface area contributed by atoms with Gasteiger partial charge in [-0.15, -0.1) is 0 Å². The van der Waals surface area contributed by atoms with Crippen LogP contribution >= 0.6 is 0 Å². The highest BCUT2D eigenvalue weighted by Gasteiger charge is 2.27. The molecule has 0 bridgehead atoms. The molecule has 1 aliphatic carbocycles. The van der Waals surface area contributed by atoms with Crippen molar-refractivity contribution in [2.75, 3.05) is 6.54 Å². The summed E-state index contributed by atoms with van der Waals surface area (Å²) >= 11 is 0. The molecular formula is C26H28N2O5. The molecule has 0 radical (unpaired) electrons. The number of carbonyl (C=O) groups is 4. The second-order valence-electron chi connectivity index (χ2n) is 8.84. The van der Waals surface area contributed by atoms with Crippen LogP contribution < -0.4 is 10.6 Å². The standard InChI is InChI=1S/C26H28N2O5/c1-26(2,3)33-25(32)28-21(15-17-9-5-4-6-10-17)24(31)27-14-13-18-16-22(29)19-11-7-8-12-20(19)23(18)30/h4-12,16,21H,13-15H2,1-3H3,(H,27,31)(H,28,32)/t21-/m0/s1. The summed E-state index contributed by atoms with van der Waals surface area (Å²) in [4.78, 5) is 50.2. The van der Waals surface area contributed by atoms with Crippen molar-refractivity contribution >= 4 is 23.6 Å². The maximum atomic E-state index is 12.9. The van der Waals surface area contributed by atoms with Gasteiger partial charge in [-0.3, -0.25) is 14.4 Å². The number of hydrogen-bond acceptors (Lipinski definition) is 5. The average Bonchev–Trinajstić information content (AvgIpc) is 2.76. The van der Waals surface area contributed by atoms with Crippen molar-refractivity contribution in [2.24, 2.45) is 0 Å². The summed E-state index contributed by atoms with van der Waals surface area (Å²) in [6.45, 7) is 5.38. The summed E-state index contributed by atoms with van der Waals surface area (Å²) in [6, 6.07) is 15.1. The molecule has 2 N–H and O–H groups in total. The fraction of sp³-hybridized carbons (Fsp3) is 0.308. The van der Waals surface area contributed by atoms with Gasteiger partial charge in [0.05, 0.1) is 0 Å². The number of hydrogen-bond donors (Lipinski definition) is 2. The zero-order valence-corrected chi connectivity index (χ0v) is 19.0. The van der Waals surface area contributed by atoms with E-state index < -0.39 is 23.6 Å². The van der Waals surface area contributed by atoms with E-state index >= 15 is 0 Å². The monoisotopic (exact) mass is 448 g/mol. The normalized spacial score (nSPS) is 14.1. The van der Waals surface area contributed by atoms with Crippen LogP contribution in [-0.2, 0) is 16.0 Å². The Labute approximate surface area is 193 Å². The van der Waals surface area contributed by atoms with Crippen molar-refractivity contribution in [1.29, 1.82) is 0 Å². The van der Waals surface area contributed by atoms with E-state index in [1.54, 1.807) is 45.0 Å². The summed E-state index contributed by atoms with van der Waals surface area (Å²) in [7, 11) is 0. The first-order chi connectivity index (χ1) is 15.6. The largest absolute Gasteiger partial charge is 0.444 e. The number of rotatable bonds is 7. The zero-order chi connectivity index (χ0) is 24.0. The van der Waals surface area contributed by atoms with Crippen LogP contribution in [0.5, 0.6) is 0 Å². The number of carbonyl (C=O) groups excluding carboxylic acids is 4. The van der Waals surface area contributed by atoms with Crippen LogP contribution in [-0.4, -0.2) is 41.8 Å². The van der Waals surface area contributed by atoms with E-state index in [0.29, 0.717) is 16.7 Å². The second kappa shape index (κ2) is 10.3. The fourth-order valence-electron chi connectivity index (χ4n) is 3.51. The molecule has 0 heterocycles. The van der Waals surface area contributed by atoms with E-state index in [9.17, 15) is 19.2 Å². The Morgan fingerprint density at radius 3 is 2.24 bits per heavy atom. The van der Waals surface area contributed by atoms with Crippen molar-refractivity contribution in [2.45, 2.75) is 45.3 Å². The first kappa shape index (κ1) is 23.9. The summed E-state index contributed by atoms with van der Waals surface area (Å²) < 4.78 is 5.29. The Morgan fingerprint density at radius 2 is 1.58 bits per heavy atom. The Balaban J connectivity index is 1.63. The van der Waals surface area contributed by atoms with E-state index in [4.69, 9.17) is 4.74 Å². The number of alkyl carbamates (subject to hydrolysis) is 1. The third-order valence-corrected chi connectivity index (χ3v) is 5.02. The van der Waals surface area contributed by atoms with Crippen LogP contribution in [0.1, 0.15) is 53.5 Å². The van der Waals surface area contributed by atoms with E-state index in [1.165, 1.54) is 6.08 Å². The lowest BCUT2D eigenvalue weighted by molar-refractivity contribution is -0.123. The third kappa shape index (κ3) is 6.62. The van der Waals surface area contributed by atoms with E-state index in [1.807, 2.05) is 30.3 Å². The zero-order valence-electron chi connectivity index (χ0n) is 19.0. The maximum absolute atomic E-state index is 12.9. The van der Waals surface area contributed by atoms with Crippen LogP contribution in [0.4, 0.5) is 4.79 Å². The van der Waals surface area contributed by atoms with Gasteiger partial charge >= 0.3 is 6.09 Å². The molecule has 2 aromatic rings. The van der Waals surface area contributed by atoms with Gasteiger partial charge in [0.15, 0.2) is 11.6 Å². The molecule has 0 unspecified atom stereocenters. The average molecular weight is 449 g/mol. The molecule has 7 heteroatoms. The lowest BCUT2D eigenvalue weighted by Crippen LogP contribution is -2.49. The van der Waals surface area contributed by atoms with Crippen LogP contribution in [0.2, 0.25) is 0 Å². The summed E-state index contributed by atoms with van der Waals surface area (Å²) in [5.41, 5.74) is 1.29. The first-order valence-corrected chi connectivity index (χ1v) is 10.8. The van der Waals surface area contributed by atoms with E-state index in [2.05, 4.69) is 10.6 Å². The van der Waals surface area contributed by atoms with Gasteiger partial charge in [0.25, 0.3) is 0 Å². The van der Waals surface area contributed by atoms with Crippen molar-refractivity contribution < 1.29 is 23.9 Å². The second-order valence-corrected chi connectivity index (χ2v) is 8.84. The molecule has 7 nitrogen and oxygen atoms in total. The summed E-state index contributed by atoms with van der Waals surface area (Å²) in [6.07, 6.45) is 1.12. The van der Waals surface area contributed by atoms with Crippen molar-refractivity contribution in [3.63, 3.8) is 0 Å². The van der Waals surface area contributed by atoms with Gasteiger partial charge < -0.3 is 15.4 Å². The van der Waals surface area contributed by atoms with Crippen molar-refractivity contribution in [3.8, 4) is 0 Å². The molecule has 0 aliphatic heterocycles. The number of amides is 2. The van der Waals surface area contributed by atoms with Crippen LogP contribution in [0.3, 0.4) is 0 Å². The first-order valence-electron chi connectivity index (χ1n) is 10.8. The van der Waals surface area contributed by atoms with Gasteiger partial charge in [-0.05, 0) is 38.8 Å². The van der Waals surface area contributed by atoms with Gasteiger partial charge in [0, 0.05) is 29.7 Å². The van der Waals surface area contributed by atoms with Crippen LogP contribution in [0.15, 0.2) is 66.2 Å². The molecule has 1 aliphatic rings. The predicted octanol–water partition coefficient (Wildman–Crippen LogP) is 3.63. The lowest BCUT2D eigenvalue weighted by Gasteiger charge is -2.23. The van der Waals surface area contributed by atoms with E-state index in [-0.39, 0.29) is 31.0 Å². The minimum absolute atomic E-state index is 0.146. The smallest absolute Gasteiger partial charge is 0.408 e. The molecule has 0 aromatic heterocycles. The van der Waals surface area contributed by atoms with E-state index in [0.717, 1.165) is 5.56 Å². The number of nitrogens with one attached hydrogen (secondary N) is 2. The lowest BCUT2D eigenvalue weighted by atomic mass is 9.88. The minimum atomic E-state index is -0.861. The third-order valence-electron chi connectivity index (χ3n) is 5.02. The summed E-state index contributed by atoms with van der Waals surface area (Å²) in [5.74, 6) is -0.840. The Kier molecular flexibility index (Phi) is 7.43. The van der Waals surface area contributed by atoms with Gasteiger partial charge in [0.1, 0.15) is 11.6 Å². The van der Waals surface area contributed by atoms with Gasteiger partial charge in [-0.2, -0.15) is 0 Å². The number of fused-ring (bicyclic) bond motifs is 1. The minimum Gasteiger partial charge on any atom is -0.444 e. The fourth-order valence-corrected chi connectivity index (χ4v) is 3.51. The number of Topliss-reactive ketones (excluding diaryl/α,β-unsaturated/α-hetero) is 1. The molecule has 0 spiro atoms. The van der Waals surface area contributed by atoms with Gasteiger partial charge in [0.2, 0.25) is 5.91 Å². The molecular weight excluding hydrogens is 420 g/mol.